The number of pyridine rings is 1. The van der Waals surface area contributed by atoms with Gasteiger partial charge in [-0.05, 0) is 62.3 Å². The number of carbonyl (C=O) groups excluding carboxylic acids is 1. The maximum absolute atomic E-state index is 13.1. The zero-order chi connectivity index (χ0) is 23.2. The van der Waals surface area contributed by atoms with E-state index >= 15 is 0 Å². The molecule has 1 aliphatic heterocycles. The van der Waals surface area contributed by atoms with Crippen LogP contribution in [0.15, 0.2) is 59.2 Å². The van der Waals surface area contributed by atoms with E-state index in [1.54, 1.807) is 18.4 Å². The maximum Gasteiger partial charge on any atom is 0.242 e. The lowest BCUT2D eigenvalue weighted by molar-refractivity contribution is -0.122. The van der Waals surface area contributed by atoms with Crippen molar-refractivity contribution in [1.82, 2.24) is 15.2 Å². The molecule has 7 heteroatoms. The molecule has 7 nitrogen and oxygen atoms in total. The first-order chi connectivity index (χ1) is 16.1. The van der Waals surface area contributed by atoms with Crippen molar-refractivity contribution in [2.45, 2.75) is 32.7 Å². The molecule has 0 aliphatic carbocycles. The van der Waals surface area contributed by atoms with Crippen molar-refractivity contribution in [3.63, 3.8) is 0 Å². The van der Waals surface area contributed by atoms with Gasteiger partial charge >= 0.3 is 0 Å². The normalized spacial score (nSPS) is 15.8. The third kappa shape index (κ3) is 5.20. The lowest BCUT2D eigenvalue weighted by Gasteiger charge is -2.26. The Morgan fingerprint density at radius 3 is 2.76 bits per heavy atom. The van der Waals surface area contributed by atoms with Crippen LogP contribution < -0.4 is 10.2 Å². The molecule has 3 aromatic rings. The van der Waals surface area contributed by atoms with Crippen LogP contribution in [-0.4, -0.2) is 59.7 Å². The zero-order valence-electron chi connectivity index (χ0n) is 19.3. The number of hydrogen-bond donors (Lipinski definition) is 2. The molecule has 4 rings (SSSR count). The summed E-state index contributed by atoms with van der Waals surface area (Å²) in [5.41, 5.74) is 2.15. The van der Waals surface area contributed by atoms with Crippen LogP contribution >= 0.6 is 0 Å². The van der Waals surface area contributed by atoms with Gasteiger partial charge in [-0.3, -0.25) is 4.79 Å². The summed E-state index contributed by atoms with van der Waals surface area (Å²) in [6, 6.07) is 14.5. The monoisotopic (exact) mass is 448 g/mol. The number of hydrogen-bond acceptors (Lipinski definition) is 6. The summed E-state index contributed by atoms with van der Waals surface area (Å²) in [6.45, 7) is 8.43. The van der Waals surface area contributed by atoms with E-state index in [1.165, 1.54) is 0 Å². The Bertz CT molecular complexity index is 1060. The van der Waals surface area contributed by atoms with Gasteiger partial charge in [0.2, 0.25) is 5.91 Å². The minimum Gasteiger partial charge on any atom is -0.507 e. The Balaban J connectivity index is 1.61. The predicted octanol–water partition coefficient (Wildman–Crippen LogP) is 4.14. The van der Waals surface area contributed by atoms with Gasteiger partial charge in [0.1, 0.15) is 23.4 Å². The number of phenols is 1. The highest BCUT2D eigenvalue weighted by Crippen LogP contribution is 2.35. The molecule has 1 amide bonds. The highest BCUT2D eigenvalue weighted by atomic mass is 16.3. The fourth-order valence-corrected chi connectivity index (χ4v) is 4.38. The van der Waals surface area contributed by atoms with E-state index in [-0.39, 0.29) is 17.7 Å². The fraction of sp³-hybridized carbons (Fsp3) is 0.385. The van der Waals surface area contributed by atoms with Crippen molar-refractivity contribution in [3.05, 3.63) is 54.8 Å². The van der Waals surface area contributed by atoms with Gasteiger partial charge in [0, 0.05) is 30.8 Å². The second-order valence-corrected chi connectivity index (χ2v) is 8.26. The molecule has 0 spiro atoms. The molecule has 174 valence electrons. The van der Waals surface area contributed by atoms with Crippen LogP contribution in [0.5, 0.6) is 5.75 Å². The van der Waals surface area contributed by atoms with Crippen LogP contribution in [0, 0.1) is 0 Å². The Morgan fingerprint density at radius 2 is 2.03 bits per heavy atom. The summed E-state index contributed by atoms with van der Waals surface area (Å²) >= 11 is 0. The van der Waals surface area contributed by atoms with Gasteiger partial charge in [-0.25, -0.2) is 4.98 Å². The highest BCUT2D eigenvalue weighted by Gasteiger charge is 2.32. The molecule has 2 N–H and O–H groups in total. The number of rotatable bonds is 9. The fourth-order valence-electron chi connectivity index (χ4n) is 4.38. The van der Waals surface area contributed by atoms with Crippen LogP contribution in [0.25, 0.3) is 22.6 Å². The number of benzene rings is 1. The molecule has 1 saturated heterocycles. The number of aromatic nitrogens is 1. The quantitative estimate of drug-likeness (QED) is 0.512. The minimum absolute atomic E-state index is 0.0361. The highest BCUT2D eigenvalue weighted by molar-refractivity contribution is 5.86. The lowest BCUT2D eigenvalue weighted by Crippen LogP contribution is -2.45. The number of carbonyl (C=O) groups is 1. The van der Waals surface area contributed by atoms with E-state index in [4.69, 9.17) is 9.40 Å². The van der Waals surface area contributed by atoms with Crippen molar-refractivity contribution in [2.24, 2.45) is 0 Å². The molecule has 1 aromatic carbocycles. The second-order valence-electron chi connectivity index (χ2n) is 8.26. The van der Waals surface area contributed by atoms with E-state index in [0.717, 1.165) is 50.3 Å². The molecule has 0 unspecified atom stereocenters. The molecule has 1 aliphatic rings. The van der Waals surface area contributed by atoms with E-state index in [2.05, 4.69) is 29.0 Å². The number of amides is 1. The molecule has 33 heavy (non-hydrogen) atoms. The van der Waals surface area contributed by atoms with Crippen molar-refractivity contribution in [3.8, 4) is 28.3 Å². The smallest absolute Gasteiger partial charge is 0.242 e. The van der Waals surface area contributed by atoms with Crippen molar-refractivity contribution < 1.29 is 14.3 Å². The van der Waals surface area contributed by atoms with Crippen LogP contribution in [0.1, 0.15) is 26.7 Å². The van der Waals surface area contributed by atoms with E-state index < -0.39 is 0 Å². The number of phenolic OH excluding ortho intramolecular Hbond substituents is 1. The molecular formula is C26H32N4O3. The topological polar surface area (TPSA) is 81.8 Å². The van der Waals surface area contributed by atoms with Gasteiger partial charge in [0.05, 0.1) is 12.0 Å². The molecule has 1 fully saturated rings. The third-order valence-electron chi connectivity index (χ3n) is 6.27. The first-order valence-corrected chi connectivity index (χ1v) is 11.7. The Morgan fingerprint density at radius 1 is 1.21 bits per heavy atom. The number of furan rings is 1. The number of nitrogens with zero attached hydrogens (tertiary/aromatic N) is 3. The second kappa shape index (κ2) is 10.5. The van der Waals surface area contributed by atoms with Gasteiger partial charge in [0.15, 0.2) is 0 Å². The molecular weight excluding hydrogens is 416 g/mol. The lowest BCUT2D eigenvalue weighted by atomic mass is 10.1. The number of aromatic hydroxyl groups is 1. The Kier molecular flexibility index (Phi) is 7.29. The van der Waals surface area contributed by atoms with Gasteiger partial charge in [-0.15, -0.1) is 0 Å². The third-order valence-corrected chi connectivity index (χ3v) is 6.27. The van der Waals surface area contributed by atoms with Crippen molar-refractivity contribution >= 4 is 11.7 Å². The molecule has 0 saturated carbocycles. The summed E-state index contributed by atoms with van der Waals surface area (Å²) in [4.78, 5) is 22.3. The predicted molar refractivity (Wildman–Crippen MR) is 130 cm³/mol. The number of anilines is 1. The van der Waals surface area contributed by atoms with Gasteiger partial charge < -0.3 is 24.6 Å². The zero-order valence-corrected chi connectivity index (χ0v) is 19.3. The summed E-state index contributed by atoms with van der Waals surface area (Å²) in [5, 5.41) is 13.5. The Labute approximate surface area is 195 Å². The van der Waals surface area contributed by atoms with Gasteiger partial charge in [-0.1, -0.05) is 26.0 Å². The van der Waals surface area contributed by atoms with Crippen molar-refractivity contribution in [1.29, 1.82) is 0 Å². The maximum atomic E-state index is 13.1. The first kappa shape index (κ1) is 22.9. The van der Waals surface area contributed by atoms with E-state index in [0.29, 0.717) is 23.6 Å². The molecule has 0 radical (unpaired) electrons. The molecule has 2 aromatic heterocycles. The minimum atomic E-state index is -0.265. The van der Waals surface area contributed by atoms with Crippen LogP contribution in [0.4, 0.5) is 5.82 Å². The Hall–Kier alpha value is -3.32. The molecule has 1 atom stereocenters. The van der Waals surface area contributed by atoms with E-state index in [9.17, 15) is 9.90 Å². The van der Waals surface area contributed by atoms with Gasteiger partial charge in [0.25, 0.3) is 0 Å². The number of likely N-dealkylation sites (N-methyl/N-ethyl adjacent to an activating group) is 1. The van der Waals surface area contributed by atoms with Gasteiger partial charge in [-0.2, -0.15) is 0 Å². The standard InChI is InChI=1S/C26H32N4O3/c1-3-29(4-2)15-13-27-26(32)22-10-7-14-30(22)25-18-19(24-12-8-16-33-24)17-21(28-25)20-9-5-6-11-23(20)31/h5-6,8-9,11-12,16-18,22,31H,3-4,7,10,13-15H2,1-2H3,(H,27,32)/t22-/m0/s1. The average Bonchev–Trinajstić information content (AvgIpc) is 3.54. The summed E-state index contributed by atoms with van der Waals surface area (Å²) in [5.74, 6) is 1.63. The molecule has 3 heterocycles. The summed E-state index contributed by atoms with van der Waals surface area (Å²) in [7, 11) is 0. The summed E-state index contributed by atoms with van der Waals surface area (Å²) < 4.78 is 5.64. The summed E-state index contributed by atoms with van der Waals surface area (Å²) in [6.07, 6.45) is 3.35. The largest absolute Gasteiger partial charge is 0.507 e. The first-order valence-electron chi connectivity index (χ1n) is 11.7. The van der Waals surface area contributed by atoms with E-state index in [1.807, 2.05) is 36.4 Å². The number of para-hydroxylation sites is 1. The number of nitrogens with one attached hydrogen (secondary N) is 1. The van der Waals surface area contributed by atoms with Crippen LogP contribution in [0.3, 0.4) is 0 Å². The molecule has 0 bridgehead atoms. The van der Waals surface area contributed by atoms with Crippen LogP contribution in [0.2, 0.25) is 0 Å². The average molecular weight is 449 g/mol. The van der Waals surface area contributed by atoms with Crippen LogP contribution in [-0.2, 0) is 4.79 Å². The van der Waals surface area contributed by atoms with Crippen molar-refractivity contribution in [2.75, 3.05) is 37.6 Å². The SMILES string of the molecule is CCN(CC)CCNC(=O)[C@@H]1CCCN1c1cc(-c2ccco2)cc(-c2ccccc2O)n1.